The minimum atomic E-state index is -3.21. The van der Waals surface area contributed by atoms with Gasteiger partial charge in [0.1, 0.15) is 0 Å². The average molecular weight is 210 g/mol. The van der Waals surface area contributed by atoms with E-state index in [0.717, 1.165) is 0 Å². The molecule has 1 aromatic rings. The molecule has 1 heterocycles. The second-order valence-corrected chi connectivity index (χ2v) is 5.05. The Morgan fingerprint density at radius 2 is 2.21 bits per heavy atom. The number of nitrogens with zero attached hydrogens (tertiary/aromatic N) is 2. The highest BCUT2D eigenvalue weighted by Gasteiger charge is 2.11. The van der Waals surface area contributed by atoms with Gasteiger partial charge in [0, 0.05) is 12.4 Å². The van der Waals surface area contributed by atoms with Crippen LogP contribution in [0, 0.1) is 11.3 Å². The Labute approximate surface area is 83.1 Å². The van der Waals surface area contributed by atoms with Crippen LogP contribution in [0.1, 0.15) is 12.5 Å². The summed E-state index contributed by atoms with van der Waals surface area (Å²) in [5, 5.41) is 8.44. The lowest BCUT2D eigenvalue weighted by atomic mass is 10.2. The van der Waals surface area contributed by atoms with Crippen LogP contribution in [0.15, 0.2) is 23.4 Å². The molecule has 0 aliphatic carbocycles. The molecule has 0 aliphatic rings. The van der Waals surface area contributed by atoms with Crippen LogP contribution in [-0.2, 0) is 16.3 Å². The summed E-state index contributed by atoms with van der Waals surface area (Å²) in [5.74, 6) is 0.0463. The molecular formula is C9H10N2O2S. The van der Waals surface area contributed by atoms with Crippen molar-refractivity contribution < 1.29 is 8.42 Å². The van der Waals surface area contributed by atoms with Crippen molar-refractivity contribution in [1.29, 1.82) is 5.26 Å². The summed E-state index contributed by atoms with van der Waals surface area (Å²) in [6.07, 6.45) is 2.98. The number of pyridine rings is 1. The highest BCUT2D eigenvalue weighted by atomic mass is 32.2. The highest BCUT2D eigenvalue weighted by Crippen LogP contribution is 2.11. The maximum absolute atomic E-state index is 11.4. The standard InChI is InChI=1S/C9H10N2O2S/c1-2-14(12,13)9-5-8(3-4-10)6-11-7-9/h5-7H,2-3H2,1H3. The van der Waals surface area contributed by atoms with Gasteiger partial charge < -0.3 is 0 Å². The quantitative estimate of drug-likeness (QED) is 0.744. The zero-order valence-electron chi connectivity index (χ0n) is 7.77. The van der Waals surface area contributed by atoms with Crippen LogP contribution < -0.4 is 0 Å². The van der Waals surface area contributed by atoms with E-state index in [1.807, 2.05) is 6.07 Å². The summed E-state index contributed by atoms with van der Waals surface area (Å²) in [7, 11) is -3.21. The van der Waals surface area contributed by atoms with Gasteiger partial charge in [-0.1, -0.05) is 6.92 Å². The van der Waals surface area contributed by atoms with Gasteiger partial charge in [-0.2, -0.15) is 5.26 Å². The molecule has 5 heteroatoms. The normalized spacial score (nSPS) is 10.9. The number of rotatable bonds is 3. The van der Waals surface area contributed by atoms with Gasteiger partial charge >= 0.3 is 0 Å². The minimum Gasteiger partial charge on any atom is -0.263 e. The maximum atomic E-state index is 11.4. The van der Waals surface area contributed by atoms with Gasteiger partial charge in [-0.15, -0.1) is 0 Å². The molecule has 0 fully saturated rings. The molecule has 0 amide bonds. The highest BCUT2D eigenvalue weighted by molar-refractivity contribution is 7.91. The molecule has 0 spiro atoms. The van der Waals surface area contributed by atoms with Gasteiger partial charge in [0.15, 0.2) is 9.84 Å². The van der Waals surface area contributed by atoms with E-state index in [1.165, 1.54) is 18.5 Å². The number of sulfone groups is 1. The Morgan fingerprint density at radius 3 is 2.79 bits per heavy atom. The second kappa shape index (κ2) is 4.20. The van der Waals surface area contributed by atoms with E-state index in [1.54, 1.807) is 6.92 Å². The van der Waals surface area contributed by atoms with Gasteiger partial charge in [0.05, 0.1) is 23.1 Å². The molecule has 0 aromatic carbocycles. The van der Waals surface area contributed by atoms with Crippen LogP contribution in [0.5, 0.6) is 0 Å². The molecule has 0 N–H and O–H groups in total. The van der Waals surface area contributed by atoms with Crippen LogP contribution in [-0.4, -0.2) is 19.2 Å². The molecular weight excluding hydrogens is 200 g/mol. The van der Waals surface area contributed by atoms with Crippen molar-refractivity contribution in [2.75, 3.05) is 5.75 Å². The Morgan fingerprint density at radius 1 is 1.50 bits per heavy atom. The van der Waals surface area contributed by atoms with Crippen molar-refractivity contribution in [3.05, 3.63) is 24.0 Å². The molecule has 0 atom stereocenters. The topological polar surface area (TPSA) is 70.8 Å². The van der Waals surface area contributed by atoms with E-state index in [2.05, 4.69) is 4.98 Å². The predicted molar refractivity (Wildman–Crippen MR) is 51.3 cm³/mol. The molecule has 0 bridgehead atoms. The zero-order valence-corrected chi connectivity index (χ0v) is 8.58. The summed E-state index contributed by atoms with van der Waals surface area (Å²) in [6.45, 7) is 1.58. The second-order valence-electron chi connectivity index (χ2n) is 2.77. The number of aromatic nitrogens is 1. The molecule has 0 saturated heterocycles. The molecule has 4 nitrogen and oxygen atoms in total. The van der Waals surface area contributed by atoms with Gasteiger partial charge in [-0.3, -0.25) is 4.98 Å². The lowest BCUT2D eigenvalue weighted by molar-refractivity contribution is 0.596. The summed E-state index contributed by atoms with van der Waals surface area (Å²) in [5.41, 5.74) is 0.627. The van der Waals surface area contributed by atoms with E-state index >= 15 is 0 Å². The third-order valence-electron chi connectivity index (χ3n) is 1.79. The van der Waals surface area contributed by atoms with E-state index in [0.29, 0.717) is 5.56 Å². The van der Waals surface area contributed by atoms with E-state index in [-0.39, 0.29) is 17.1 Å². The molecule has 0 radical (unpaired) electrons. The van der Waals surface area contributed by atoms with E-state index < -0.39 is 9.84 Å². The molecule has 74 valence electrons. The third-order valence-corrected chi connectivity index (χ3v) is 3.49. The van der Waals surface area contributed by atoms with Crippen molar-refractivity contribution in [3.8, 4) is 6.07 Å². The number of nitriles is 1. The molecule has 0 unspecified atom stereocenters. The maximum Gasteiger partial charge on any atom is 0.179 e. The van der Waals surface area contributed by atoms with Crippen LogP contribution >= 0.6 is 0 Å². The van der Waals surface area contributed by atoms with Crippen molar-refractivity contribution >= 4 is 9.84 Å². The summed E-state index contributed by atoms with van der Waals surface area (Å²) >= 11 is 0. The Bertz CT molecular complexity index is 460. The van der Waals surface area contributed by atoms with Crippen LogP contribution in [0.3, 0.4) is 0 Å². The van der Waals surface area contributed by atoms with Gasteiger partial charge in [0.2, 0.25) is 0 Å². The Balaban J connectivity index is 3.14. The Kier molecular flexibility index (Phi) is 3.20. The number of hydrogen-bond acceptors (Lipinski definition) is 4. The molecule has 14 heavy (non-hydrogen) atoms. The van der Waals surface area contributed by atoms with Gasteiger partial charge in [0.25, 0.3) is 0 Å². The smallest absolute Gasteiger partial charge is 0.179 e. The summed E-state index contributed by atoms with van der Waals surface area (Å²) in [6, 6.07) is 3.44. The fourth-order valence-corrected chi connectivity index (χ4v) is 1.87. The minimum absolute atomic E-state index is 0.0463. The SMILES string of the molecule is CCS(=O)(=O)c1cncc(CC#N)c1. The Hall–Kier alpha value is -1.41. The summed E-state index contributed by atoms with van der Waals surface area (Å²) in [4.78, 5) is 3.97. The molecule has 0 aliphatic heterocycles. The van der Waals surface area contributed by atoms with Crippen molar-refractivity contribution in [2.24, 2.45) is 0 Å². The molecule has 1 rings (SSSR count). The first-order valence-electron chi connectivity index (χ1n) is 4.14. The fourth-order valence-electron chi connectivity index (χ4n) is 0.988. The fraction of sp³-hybridized carbons (Fsp3) is 0.333. The van der Waals surface area contributed by atoms with Gasteiger partial charge in [-0.05, 0) is 11.6 Å². The third kappa shape index (κ3) is 2.30. The van der Waals surface area contributed by atoms with Crippen LogP contribution in [0.4, 0.5) is 0 Å². The predicted octanol–water partition coefficient (Wildman–Crippen LogP) is 0.941. The van der Waals surface area contributed by atoms with Crippen LogP contribution in [0.25, 0.3) is 0 Å². The average Bonchev–Trinajstić information content (AvgIpc) is 2.19. The molecule has 0 saturated carbocycles. The first kappa shape index (κ1) is 10.7. The lowest BCUT2D eigenvalue weighted by Crippen LogP contribution is -2.04. The monoisotopic (exact) mass is 210 g/mol. The van der Waals surface area contributed by atoms with Gasteiger partial charge in [-0.25, -0.2) is 8.42 Å². The van der Waals surface area contributed by atoms with Crippen LogP contribution in [0.2, 0.25) is 0 Å². The van der Waals surface area contributed by atoms with E-state index in [4.69, 9.17) is 5.26 Å². The first-order valence-corrected chi connectivity index (χ1v) is 5.79. The van der Waals surface area contributed by atoms with Crippen molar-refractivity contribution in [1.82, 2.24) is 4.98 Å². The number of hydrogen-bond donors (Lipinski definition) is 0. The first-order chi connectivity index (χ1) is 6.60. The summed E-state index contributed by atoms with van der Waals surface area (Å²) < 4.78 is 22.9. The van der Waals surface area contributed by atoms with Crippen molar-refractivity contribution in [3.63, 3.8) is 0 Å². The van der Waals surface area contributed by atoms with Crippen molar-refractivity contribution in [2.45, 2.75) is 18.2 Å². The zero-order chi connectivity index (χ0) is 10.6. The molecule has 1 aromatic heterocycles. The van der Waals surface area contributed by atoms with E-state index in [9.17, 15) is 8.42 Å². The largest absolute Gasteiger partial charge is 0.263 e. The lowest BCUT2D eigenvalue weighted by Gasteiger charge is -2.01.